The van der Waals surface area contributed by atoms with E-state index in [0.717, 1.165) is 6.07 Å². The smallest absolute Gasteiger partial charge is 0.265 e. The van der Waals surface area contributed by atoms with Crippen molar-refractivity contribution >= 4 is 33.3 Å². The lowest BCUT2D eigenvalue weighted by Crippen LogP contribution is -1.96. The Bertz CT molecular complexity index is 306. The highest BCUT2D eigenvalue weighted by atomic mass is 79.9. The van der Waals surface area contributed by atoms with Gasteiger partial charge in [-0.05, 0) is 22.0 Å². The number of pyridine rings is 1. The van der Waals surface area contributed by atoms with Gasteiger partial charge in [-0.1, -0.05) is 11.6 Å². The lowest BCUT2D eigenvalue weighted by atomic mass is 10.3. The zero-order valence-corrected chi connectivity index (χ0v) is 8.03. The monoisotopic (exact) mass is 256 g/mol. The second kappa shape index (κ2) is 3.53. The first-order valence-electron chi connectivity index (χ1n) is 2.92. The summed E-state index contributed by atoms with van der Waals surface area (Å²) in [6, 6.07) is 1.14. The fraction of sp³-hybridized carbons (Fsp3) is 0.167. The first-order chi connectivity index (χ1) is 5.52. The Balaban J connectivity index is 3.28. The number of nitrogens with two attached hydrogens (primary N) is 1. The summed E-state index contributed by atoms with van der Waals surface area (Å²) in [6.07, 6.45) is -2.64. The minimum absolute atomic E-state index is 0.0960. The molecule has 0 spiro atoms. The molecule has 2 N–H and O–H groups in total. The first-order valence-corrected chi connectivity index (χ1v) is 4.09. The van der Waals surface area contributed by atoms with E-state index in [4.69, 9.17) is 17.3 Å². The molecule has 0 aliphatic heterocycles. The van der Waals surface area contributed by atoms with Gasteiger partial charge in [0.1, 0.15) is 10.4 Å². The van der Waals surface area contributed by atoms with E-state index in [-0.39, 0.29) is 21.0 Å². The number of rotatable bonds is 1. The highest BCUT2D eigenvalue weighted by Crippen LogP contribution is 2.32. The molecule has 1 rings (SSSR count). The third-order valence-electron chi connectivity index (χ3n) is 1.22. The number of anilines is 1. The van der Waals surface area contributed by atoms with Crippen molar-refractivity contribution in [3.63, 3.8) is 0 Å². The van der Waals surface area contributed by atoms with Crippen LogP contribution in [0, 0.1) is 0 Å². The summed E-state index contributed by atoms with van der Waals surface area (Å²) in [5, 5.41) is -0.187. The van der Waals surface area contributed by atoms with Crippen LogP contribution < -0.4 is 5.73 Å². The van der Waals surface area contributed by atoms with Crippen LogP contribution in [0.5, 0.6) is 0 Å². The second-order valence-electron chi connectivity index (χ2n) is 2.03. The number of aromatic nitrogens is 1. The number of alkyl halides is 2. The van der Waals surface area contributed by atoms with Crippen LogP contribution in [0.4, 0.5) is 14.6 Å². The summed E-state index contributed by atoms with van der Waals surface area (Å²) in [6.45, 7) is 0. The van der Waals surface area contributed by atoms with Crippen LogP contribution in [-0.2, 0) is 0 Å². The quantitative estimate of drug-likeness (QED) is 0.786. The van der Waals surface area contributed by atoms with Gasteiger partial charge >= 0.3 is 0 Å². The molecule has 6 heteroatoms. The van der Waals surface area contributed by atoms with Crippen molar-refractivity contribution in [2.24, 2.45) is 0 Å². The second-order valence-corrected chi connectivity index (χ2v) is 3.22. The van der Waals surface area contributed by atoms with Crippen LogP contribution in [0.15, 0.2) is 10.7 Å². The van der Waals surface area contributed by atoms with Crippen molar-refractivity contribution in [1.82, 2.24) is 4.98 Å². The van der Waals surface area contributed by atoms with Crippen molar-refractivity contribution in [2.75, 3.05) is 5.73 Å². The molecule has 0 saturated carbocycles. The van der Waals surface area contributed by atoms with Crippen LogP contribution in [0.1, 0.15) is 12.0 Å². The summed E-state index contributed by atoms with van der Waals surface area (Å²) in [7, 11) is 0. The van der Waals surface area contributed by atoms with Crippen LogP contribution in [-0.4, -0.2) is 4.98 Å². The highest BCUT2D eigenvalue weighted by molar-refractivity contribution is 9.10. The zero-order chi connectivity index (χ0) is 9.30. The van der Waals surface area contributed by atoms with Crippen LogP contribution in [0.2, 0.25) is 5.02 Å². The Morgan fingerprint density at radius 3 is 2.67 bits per heavy atom. The van der Waals surface area contributed by atoms with Gasteiger partial charge in [-0.3, -0.25) is 0 Å². The number of hydrogen-bond donors (Lipinski definition) is 1. The summed E-state index contributed by atoms with van der Waals surface area (Å²) in [5.74, 6) is -0.0960. The molecule has 0 bridgehead atoms. The van der Waals surface area contributed by atoms with Gasteiger partial charge < -0.3 is 5.73 Å². The maximum atomic E-state index is 12.2. The Hall–Kier alpha value is -0.420. The molecule has 0 radical (unpaired) electrons. The minimum Gasteiger partial charge on any atom is -0.382 e. The van der Waals surface area contributed by atoms with Crippen molar-refractivity contribution < 1.29 is 8.78 Å². The SMILES string of the molecule is Nc1nc(Br)cc(C(F)F)c1Cl. The third kappa shape index (κ3) is 1.84. The number of halogens is 4. The molecule has 12 heavy (non-hydrogen) atoms. The summed E-state index contributed by atoms with van der Waals surface area (Å²) < 4.78 is 24.6. The Morgan fingerprint density at radius 2 is 2.17 bits per heavy atom. The molecule has 0 aliphatic rings. The van der Waals surface area contributed by atoms with Crippen LogP contribution >= 0.6 is 27.5 Å². The molecule has 0 atom stereocenters. The lowest BCUT2D eigenvalue weighted by Gasteiger charge is -2.04. The maximum absolute atomic E-state index is 12.2. The largest absolute Gasteiger partial charge is 0.382 e. The van der Waals surface area contributed by atoms with Crippen molar-refractivity contribution in [3.8, 4) is 0 Å². The Kier molecular flexibility index (Phi) is 2.85. The predicted octanol–water partition coefficient (Wildman–Crippen LogP) is 3.02. The molecule has 0 aliphatic carbocycles. The van der Waals surface area contributed by atoms with E-state index < -0.39 is 6.43 Å². The van der Waals surface area contributed by atoms with Gasteiger partial charge in [-0.15, -0.1) is 0 Å². The van der Waals surface area contributed by atoms with Crippen molar-refractivity contribution in [2.45, 2.75) is 6.43 Å². The number of nitrogen functional groups attached to an aromatic ring is 1. The van der Waals surface area contributed by atoms with E-state index >= 15 is 0 Å². The van der Waals surface area contributed by atoms with E-state index in [2.05, 4.69) is 20.9 Å². The lowest BCUT2D eigenvalue weighted by molar-refractivity contribution is 0.151. The van der Waals surface area contributed by atoms with Gasteiger partial charge in [0, 0.05) is 5.56 Å². The van der Waals surface area contributed by atoms with Gasteiger partial charge in [-0.25, -0.2) is 13.8 Å². The average Bonchev–Trinajstić information content (AvgIpc) is 1.96. The van der Waals surface area contributed by atoms with E-state index in [0.29, 0.717) is 0 Å². The van der Waals surface area contributed by atoms with Crippen LogP contribution in [0.3, 0.4) is 0 Å². The van der Waals surface area contributed by atoms with E-state index in [1.54, 1.807) is 0 Å². The number of nitrogens with zero attached hydrogens (tertiary/aromatic N) is 1. The average molecular weight is 257 g/mol. The summed E-state index contributed by atoms with van der Waals surface area (Å²) >= 11 is 8.40. The maximum Gasteiger partial charge on any atom is 0.265 e. The molecule has 1 aromatic heterocycles. The molecule has 1 heterocycles. The third-order valence-corrected chi connectivity index (χ3v) is 2.03. The molecular weight excluding hydrogens is 253 g/mol. The fourth-order valence-electron chi connectivity index (χ4n) is 0.695. The van der Waals surface area contributed by atoms with Gasteiger partial charge in [0.25, 0.3) is 6.43 Å². The first kappa shape index (κ1) is 9.67. The van der Waals surface area contributed by atoms with Gasteiger partial charge in [0.2, 0.25) is 0 Å². The topological polar surface area (TPSA) is 38.9 Å². The molecule has 0 unspecified atom stereocenters. The van der Waals surface area contributed by atoms with E-state index in [9.17, 15) is 8.78 Å². The van der Waals surface area contributed by atoms with Gasteiger partial charge in [0.05, 0.1) is 5.02 Å². The molecule has 66 valence electrons. The molecular formula is C6H4BrClF2N2. The van der Waals surface area contributed by atoms with Crippen molar-refractivity contribution in [3.05, 3.63) is 21.3 Å². The minimum atomic E-state index is -2.64. The van der Waals surface area contributed by atoms with Crippen LogP contribution in [0.25, 0.3) is 0 Å². The molecule has 2 nitrogen and oxygen atoms in total. The molecule has 0 aromatic carbocycles. The standard InChI is InChI=1S/C6H4BrClF2N2/c7-3-1-2(5(9)10)4(8)6(11)12-3/h1,5H,(H2,11,12). The molecule has 0 saturated heterocycles. The Morgan fingerprint density at radius 1 is 1.58 bits per heavy atom. The van der Waals surface area contributed by atoms with Gasteiger partial charge in [-0.2, -0.15) is 0 Å². The molecule has 0 fully saturated rings. The normalized spacial score (nSPS) is 10.8. The van der Waals surface area contributed by atoms with Crippen molar-refractivity contribution in [1.29, 1.82) is 0 Å². The summed E-state index contributed by atoms with van der Waals surface area (Å²) in [5.41, 5.74) is 4.94. The van der Waals surface area contributed by atoms with E-state index in [1.165, 1.54) is 0 Å². The van der Waals surface area contributed by atoms with E-state index in [1.807, 2.05) is 0 Å². The Labute approximate surface area is 80.9 Å². The fourth-order valence-corrected chi connectivity index (χ4v) is 1.31. The molecule has 0 amide bonds. The predicted molar refractivity (Wildman–Crippen MR) is 46.3 cm³/mol. The zero-order valence-electron chi connectivity index (χ0n) is 5.69. The number of hydrogen-bond acceptors (Lipinski definition) is 2. The highest BCUT2D eigenvalue weighted by Gasteiger charge is 2.15. The summed E-state index contributed by atoms with van der Waals surface area (Å²) in [4.78, 5) is 3.65. The van der Waals surface area contributed by atoms with Gasteiger partial charge in [0.15, 0.2) is 0 Å². The molecule has 1 aromatic rings.